The van der Waals surface area contributed by atoms with Gasteiger partial charge in [-0.1, -0.05) is 18.9 Å². The Hall–Kier alpha value is -2.12. The number of carbonyl (C=O) groups is 2. The minimum Gasteiger partial charge on any atom is -0.497 e. The average Bonchev–Trinajstić information content (AvgIpc) is 2.73. The number of carbonyl (C=O) groups excluding carboxylic acids is 2. The fraction of sp³-hybridized carbons (Fsp3) is 0.600. The molecule has 1 aromatic carbocycles. The number of benzene rings is 1. The second-order valence-corrected chi connectivity index (χ2v) is 7.09. The number of hydrogen-bond donors (Lipinski definition) is 2. The lowest BCUT2D eigenvalue weighted by molar-refractivity contribution is -0.121. The summed E-state index contributed by atoms with van der Waals surface area (Å²) in [4.78, 5) is 27.1. The highest BCUT2D eigenvalue weighted by molar-refractivity contribution is 5.96. The van der Waals surface area contributed by atoms with Gasteiger partial charge in [0.1, 0.15) is 5.75 Å². The van der Waals surface area contributed by atoms with Gasteiger partial charge in [0.15, 0.2) is 0 Å². The van der Waals surface area contributed by atoms with Gasteiger partial charge in [0, 0.05) is 30.7 Å². The van der Waals surface area contributed by atoms with E-state index in [0.29, 0.717) is 17.4 Å². The van der Waals surface area contributed by atoms with Crippen LogP contribution in [0.3, 0.4) is 0 Å². The van der Waals surface area contributed by atoms with Gasteiger partial charge >= 0.3 is 0 Å². The molecule has 7 heteroatoms. The molecule has 3 rings (SSSR count). The highest BCUT2D eigenvalue weighted by Crippen LogP contribution is 2.24. The summed E-state index contributed by atoms with van der Waals surface area (Å²) in [5, 5.41) is 5.83. The predicted molar refractivity (Wildman–Crippen MR) is 102 cm³/mol. The Bertz CT molecular complexity index is 646. The molecule has 2 fully saturated rings. The molecule has 2 unspecified atom stereocenters. The number of methoxy groups -OCH3 is 1. The van der Waals surface area contributed by atoms with Gasteiger partial charge in [-0.25, -0.2) is 0 Å². The minimum absolute atomic E-state index is 0.0254. The summed E-state index contributed by atoms with van der Waals surface area (Å²) in [5.74, 6) is 0.191. The molecule has 0 radical (unpaired) electrons. The van der Waals surface area contributed by atoms with Crippen molar-refractivity contribution in [2.45, 2.75) is 37.8 Å². The van der Waals surface area contributed by atoms with E-state index in [0.717, 1.165) is 45.6 Å². The summed E-state index contributed by atoms with van der Waals surface area (Å²) in [7, 11) is 1.56. The fourth-order valence-corrected chi connectivity index (χ4v) is 3.91. The minimum atomic E-state index is -0.280. The zero-order valence-electron chi connectivity index (χ0n) is 15.9. The molecule has 1 heterocycles. The van der Waals surface area contributed by atoms with Crippen LogP contribution in [0.1, 0.15) is 36.0 Å². The van der Waals surface area contributed by atoms with Gasteiger partial charge in [-0.15, -0.1) is 0 Å². The first-order valence-corrected chi connectivity index (χ1v) is 9.71. The summed E-state index contributed by atoms with van der Waals surface area (Å²) < 4.78 is 10.6. The van der Waals surface area contributed by atoms with Crippen LogP contribution in [0.25, 0.3) is 0 Å². The van der Waals surface area contributed by atoms with Crippen LogP contribution in [0.4, 0.5) is 0 Å². The highest BCUT2D eigenvalue weighted by atomic mass is 16.5. The molecular weight excluding hydrogens is 346 g/mol. The lowest BCUT2D eigenvalue weighted by Gasteiger charge is -2.41. The van der Waals surface area contributed by atoms with Crippen LogP contribution in [0.5, 0.6) is 5.75 Å². The molecule has 27 heavy (non-hydrogen) atoms. The van der Waals surface area contributed by atoms with Gasteiger partial charge < -0.3 is 20.1 Å². The molecule has 0 spiro atoms. The van der Waals surface area contributed by atoms with Crippen molar-refractivity contribution in [3.8, 4) is 5.75 Å². The van der Waals surface area contributed by atoms with Gasteiger partial charge in [0.25, 0.3) is 5.91 Å². The lowest BCUT2D eigenvalue weighted by atomic mass is 9.89. The Morgan fingerprint density at radius 2 is 2.00 bits per heavy atom. The molecule has 2 amide bonds. The number of hydrogen-bond acceptors (Lipinski definition) is 5. The molecule has 7 nitrogen and oxygen atoms in total. The van der Waals surface area contributed by atoms with Crippen molar-refractivity contribution >= 4 is 11.8 Å². The van der Waals surface area contributed by atoms with Crippen LogP contribution in [0.2, 0.25) is 0 Å². The van der Waals surface area contributed by atoms with Gasteiger partial charge in [0.2, 0.25) is 5.91 Å². The Morgan fingerprint density at radius 1 is 1.22 bits per heavy atom. The van der Waals surface area contributed by atoms with E-state index in [2.05, 4.69) is 15.5 Å². The standard InChI is InChI=1S/C20H29N3O4/c1-26-16-6-4-5-15(13-16)20(25)21-14-19(24)22-17-7-2-3-8-18(17)23-9-11-27-12-10-23/h4-6,13,17-18H,2-3,7-12,14H2,1H3,(H,21,25)(H,22,24). The van der Waals surface area contributed by atoms with Crippen LogP contribution in [-0.4, -0.2) is 68.8 Å². The van der Waals surface area contributed by atoms with Gasteiger partial charge in [-0.2, -0.15) is 0 Å². The quantitative estimate of drug-likeness (QED) is 0.781. The SMILES string of the molecule is COc1cccc(C(=O)NCC(=O)NC2CCCCC2N2CCOCC2)c1. The molecule has 0 bridgehead atoms. The maximum atomic E-state index is 12.4. The van der Waals surface area contributed by atoms with Crippen molar-refractivity contribution in [3.63, 3.8) is 0 Å². The largest absolute Gasteiger partial charge is 0.497 e. The lowest BCUT2D eigenvalue weighted by Crippen LogP contribution is -2.56. The van der Waals surface area contributed by atoms with Crippen molar-refractivity contribution in [1.82, 2.24) is 15.5 Å². The maximum absolute atomic E-state index is 12.4. The molecule has 1 aliphatic heterocycles. The maximum Gasteiger partial charge on any atom is 0.251 e. The summed E-state index contributed by atoms with van der Waals surface area (Å²) in [5.41, 5.74) is 0.478. The second-order valence-electron chi connectivity index (χ2n) is 7.09. The number of morpholine rings is 1. The summed E-state index contributed by atoms with van der Waals surface area (Å²) in [6.07, 6.45) is 4.40. The Kier molecular flexibility index (Phi) is 7.06. The van der Waals surface area contributed by atoms with E-state index >= 15 is 0 Å². The van der Waals surface area contributed by atoms with E-state index in [1.165, 1.54) is 6.42 Å². The third-order valence-electron chi connectivity index (χ3n) is 5.33. The first-order valence-electron chi connectivity index (χ1n) is 9.71. The molecule has 1 saturated heterocycles. The van der Waals surface area contributed by atoms with E-state index < -0.39 is 0 Å². The Labute approximate surface area is 160 Å². The molecule has 1 saturated carbocycles. The summed E-state index contributed by atoms with van der Waals surface area (Å²) >= 11 is 0. The molecule has 2 atom stereocenters. The van der Waals surface area contributed by atoms with E-state index in [1.54, 1.807) is 31.4 Å². The van der Waals surface area contributed by atoms with Gasteiger partial charge in [-0.05, 0) is 31.0 Å². The topological polar surface area (TPSA) is 79.9 Å². The zero-order chi connectivity index (χ0) is 19.1. The molecule has 2 N–H and O–H groups in total. The highest BCUT2D eigenvalue weighted by Gasteiger charge is 2.31. The number of amides is 2. The van der Waals surface area contributed by atoms with Crippen molar-refractivity contribution in [1.29, 1.82) is 0 Å². The van der Waals surface area contributed by atoms with Crippen LogP contribution in [-0.2, 0) is 9.53 Å². The molecular formula is C20H29N3O4. The van der Waals surface area contributed by atoms with Crippen LogP contribution < -0.4 is 15.4 Å². The molecule has 148 valence electrons. The zero-order valence-corrected chi connectivity index (χ0v) is 15.9. The second kappa shape index (κ2) is 9.71. The van der Waals surface area contributed by atoms with Crippen molar-refractivity contribution in [2.75, 3.05) is 40.0 Å². The molecule has 1 aromatic rings. The predicted octanol–water partition coefficient (Wildman–Crippen LogP) is 1.18. The van der Waals surface area contributed by atoms with Crippen molar-refractivity contribution in [2.24, 2.45) is 0 Å². The number of rotatable bonds is 6. The first kappa shape index (κ1) is 19.6. The van der Waals surface area contributed by atoms with Crippen LogP contribution in [0.15, 0.2) is 24.3 Å². The first-order chi connectivity index (χ1) is 13.2. The molecule has 0 aromatic heterocycles. The number of nitrogens with zero attached hydrogens (tertiary/aromatic N) is 1. The van der Waals surface area contributed by atoms with Crippen LogP contribution >= 0.6 is 0 Å². The number of ether oxygens (including phenoxy) is 2. The summed E-state index contributed by atoms with van der Waals surface area (Å²) in [6.45, 7) is 3.33. The Morgan fingerprint density at radius 3 is 2.78 bits per heavy atom. The third kappa shape index (κ3) is 5.43. The van der Waals surface area contributed by atoms with E-state index in [1.807, 2.05) is 0 Å². The van der Waals surface area contributed by atoms with E-state index in [-0.39, 0.29) is 24.4 Å². The number of nitrogens with one attached hydrogen (secondary N) is 2. The third-order valence-corrected chi connectivity index (χ3v) is 5.33. The normalized spacial score (nSPS) is 23.4. The van der Waals surface area contributed by atoms with Crippen molar-refractivity contribution < 1.29 is 19.1 Å². The van der Waals surface area contributed by atoms with Crippen molar-refractivity contribution in [3.05, 3.63) is 29.8 Å². The van der Waals surface area contributed by atoms with E-state index in [4.69, 9.17) is 9.47 Å². The molecule has 1 aliphatic carbocycles. The average molecular weight is 375 g/mol. The Balaban J connectivity index is 1.50. The smallest absolute Gasteiger partial charge is 0.251 e. The van der Waals surface area contributed by atoms with Crippen LogP contribution in [0, 0.1) is 0 Å². The summed E-state index contributed by atoms with van der Waals surface area (Å²) in [6, 6.07) is 7.38. The molecule has 2 aliphatic rings. The fourth-order valence-electron chi connectivity index (χ4n) is 3.91. The monoisotopic (exact) mass is 375 g/mol. The van der Waals surface area contributed by atoms with Gasteiger partial charge in [0.05, 0.1) is 26.9 Å². The van der Waals surface area contributed by atoms with E-state index in [9.17, 15) is 9.59 Å². The van der Waals surface area contributed by atoms with Gasteiger partial charge in [-0.3, -0.25) is 14.5 Å².